The Bertz CT molecular complexity index is 1140. The molecule has 1 aromatic heterocycles. The van der Waals surface area contributed by atoms with E-state index in [-0.39, 0.29) is 23.9 Å². The summed E-state index contributed by atoms with van der Waals surface area (Å²) in [4.78, 5) is 27.6. The summed E-state index contributed by atoms with van der Waals surface area (Å²) in [6.45, 7) is 9.01. The Morgan fingerprint density at radius 2 is 1.74 bits per heavy atom. The number of nitrogens with one attached hydrogen (secondary N) is 2. The molecule has 0 aliphatic carbocycles. The first-order chi connectivity index (χ1) is 16.7. The Morgan fingerprint density at radius 3 is 2.40 bits per heavy atom. The number of benzene rings is 2. The first-order valence-electron chi connectivity index (χ1n) is 11.9. The van der Waals surface area contributed by atoms with Crippen LogP contribution in [0.5, 0.6) is 0 Å². The maximum atomic E-state index is 13.2. The van der Waals surface area contributed by atoms with Gasteiger partial charge in [0.15, 0.2) is 0 Å². The van der Waals surface area contributed by atoms with Crippen LogP contribution in [0.2, 0.25) is 5.02 Å². The summed E-state index contributed by atoms with van der Waals surface area (Å²) in [5.41, 5.74) is 2.19. The molecular formula is C27H34ClN5O2. The molecule has 7 nitrogen and oxygen atoms in total. The lowest BCUT2D eigenvalue weighted by Gasteiger charge is -2.23. The predicted molar refractivity (Wildman–Crippen MR) is 141 cm³/mol. The molecule has 0 spiro atoms. The predicted octanol–water partition coefficient (Wildman–Crippen LogP) is 5.77. The molecule has 0 saturated heterocycles. The van der Waals surface area contributed by atoms with E-state index in [0.717, 1.165) is 24.1 Å². The summed E-state index contributed by atoms with van der Waals surface area (Å²) >= 11 is 6.43. The zero-order valence-corrected chi connectivity index (χ0v) is 21.6. The lowest BCUT2D eigenvalue weighted by molar-refractivity contribution is -0.116. The molecule has 0 aliphatic rings. The lowest BCUT2D eigenvalue weighted by atomic mass is 9.92. The third kappa shape index (κ3) is 7.33. The number of amides is 3. The van der Waals surface area contributed by atoms with Crippen molar-refractivity contribution >= 4 is 29.4 Å². The van der Waals surface area contributed by atoms with E-state index in [1.54, 1.807) is 10.7 Å². The van der Waals surface area contributed by atoms with Gasteiger partial charge in [0.2, 0.25) is 5.91 Å². The molecule has 0 atom stereocenters. The Hall–Kier alpha value is -3.32. The number of hydrogen-bond acceptors (Lipinski definition) is 3. The van der Waals surface area contributed by atoms with Gasteiger partial charge in [-0.3, -0.25) is 4.79 Å². The van der Waals surface area contributed by atoms with Crippen molar-refractivity contribution in [2.24, 2.45) is 0 Å². The molecule has 0 fully saturated rings. The van der Waals surface area contributed by atoms with Gasteiger partial charge in [0.05, 0.1) is 16.4 Å². The van der Waals surface area contributed by atoms with Crippen LogP contribution in [0.4, 0.5) is 10.6 Å². The van der Waals surface area contributed by atoms with Gasteiger partial charge in [-0.05, 0) is 24.1 Å². The minimum absolute atomic E-state index is 0.106. The number of anilines is 1. The molecule has 0 bridgehead atoms. The second-order valence-corrected chi connectivity index (χ2v) is 9.91. The van der Waals surface area contributed by atoms with Crippen molar-refractivity contribution < 1.29 is 9.59 Å². The van der Waals surface area contributed by atoms with E-state index in [1.807, 2.05) is 54.6 Å². The molecule has 0 unspecified atom stereocenters. The van der Waals surface area contributed by atoms with Crippen molar-refractivity contribution in [3.63, 3.8) is 0 Å². The average Bonchev–Trinajstić information content (AvgIpc) is 3.23. The minimum Gasteiger partial charge on any atom is -0.338 e. The van der Waals surface area contributed by atoms with Crippen LogP contribution in [0.1, 0.15) is 51.8 Å². The number of rotatable bonds is 9. The fourth-order valence-electron chi connectivity index (χ4n) is 3.49. The van der Waals surface area contributed by atoms with E-state index in [1.165, 1.54) is 4.90 Å². The minimum atomic E-state index is -0.319. The molecule has 2 aromatic carbocycles. The highest BCUT2D eigenvalue weighted by Gasteiger charge is 2.24. The van der Waals surface area contributed by atoms with E-state index < -0.39 is 0 Å². The molecule has 35 heavy (non-hydrogen) atoms. The molecule has 3 rings (SSSR count). The first-order valence-corrected chi connectivity index (χ1v) is 12.3. The summed E-state index contributed by atoms with van der Waals surface area (Å²) in [5.74, 6) is 0.180. The number of unbranched alkanes of at least 4 members (excludes halogenated alkanes) is 1. The molecule has 186 valence electrons. The molecule has 2 N–H and O–H groups in total. The number of carbonyl (C=O) groups excluding carboxylic acids is 2. The average molecular weight is 496 g/mol. The van der Waals surface area contributed by atoms with E-state index in [4.69, 9.17) is 16.7 Å². The standard InChI is InChI=1S/C27H34ClN5O2/c1-5-6-16-29-26(35)32(18-20-12-8-7-9-13-20)19-25(34)30-24-17-23(27(2,3)4)31-33(24)22-15-11-10-14-21(22)28/h7-15,17H,5-6,16,18-19H2,1-4H3,(H,29,35)(H,30,34). The smallest absolute Gasteiger partial charge is 0.318 e. The lowest BCUT2D eigenvalue weighted by Crippen LogP contribution is -2.44. The molecule has 0 aliphatic heterocycles. The van der Waals surface area contributed by atoms with E-state index in [9.17, 15) is 9.59 Å². The van der Waals surface area contributed by atoms with E-state index in [2.05, 4.69) is 38.3 Å². The van der Waals surface area contributed by atoms with Crippen molar-refractivity contribution in [3.8, 4) is 5.69 Å². The number of carbonyl (C=O) groups is 2. The Kier molecular flexibility index (Phi) is 8.93. The second kappa shape index (κ2) is 11.9. The Morgan fingerprint density at radius 1 is 1.06 bits per heavy atom. The number of urea groups is 1. The van der Waals surface area contributed by atoms with Crippen LogP contribution in [-0.4, -0.2) is 39.7 Å². The normalized spacial score (nSPS) is 11.2. The van der Waals surface area contributed by atoms with Gasteiger partial charge in [0, 0.05) is 24.6 Å². The molecule has 3 amide bonds. The number of nitrogens with zero attached hydrogens (tertiary/aromatic N) is 3. The van der Waals surface area contributed by atoms with Gasteiger partial charge in [-0.25, -0.2) is 9.48 Å². The van der Waals surface area contributed by atoms with Crippen LogP contribution in [-0.2, 0) is 16.8 Å². The van der Waals surface area contributed by atoms with Gasteiger partial charge in [-0.1, -0.05) is 88.2 Å². The molecule has 3 aromatic rings. The summed E-state index contributed by atoms with van der Waals surface area (Å²) in [5, 5.41) is 11.1. The van der Waals surface area contributed by atoms with Gasteiger partial charge < -0.3 is 15.5 Å². The molecular weight excluding hydrogens is 462 g/mol. The zero-order valence-electron chi connectivity index (χ0n) is 20.8. The summed E-state index contributed by atoms with van der Waals surface area (Å²) in [6.07, 6.45) is 1.85. The largest absolute Gasteiger partial charge is 0.338 e. The van der Waals surface area contributed by atoms with E-state index in [0.29, 0.717) is 29.6 Å². The highest BCUT2D eigenvalue weighted by Crippen LogP contribution is 2.29. The molecule has 0 saturated carbocycles. The fraction of sp³-hybridized carbons (Fsp3) is 0.370. The van der Waals surface area contributed by atoms with Crippen LogP contribution in [0.25, 0.3) is 5.69 Å². The van der Waals surface area contributed by atoms with Crippen LogP contribution in [0.3, 0.4) is 0 Å². The van der Waals surface area contributed by atoms with Crippen LogP contribution >= 0.6 is 11.6 Å². The highest BCUT2D eigenvalue weighted by atomic mass is 35.5. The van der Waals surface area contributed by atoms with Gasteiger partial charge in [-0.15, -0.1) is 0 Å². The maximum Gasteiger partial charge on any atom is 0.318 e. The monoisotopic (exact) mass is 495 g/mol. The van der Waals surface area contributed by atoms with Gasteiger partial charge in [0.1, 0.15) is 12.4 Å². The van der Waals surface area contributed by atoms with Crippen molar-refractivity contribution in [1.82, 2.24) is 20.0 Å². The van der Waals surface area contributed by atoms with Gasteiger partial charge in [0.25, 0.3) is 0 Å². The summed E-state index contributed by atoms with van der Waals surface area (Å²) < 4.78 is 1.64. The van der Waals surface area contributed by atoms with Crippen molar-refractivity contribution in [1.29, 1.82) is 0 Å². The SMILES string of the molecule is CCCCNC(=O)N(CC(=O)Nc1cc(C(C)(C)C)nn1-c1ccccc1Cl)Cc1ccccc1. The number of para-hydroxylation sites is 1. The quantitative estimate of drug-likeness (QED) is 0.369. The topological polar surface area (TPSA) is 79.3 Å². The third-order valence-corrected chi connectivity index (χ3v) is 5.79. The highest BCUT2D eigenvalue weighted by molar-refractivity contribution is 6.32. The summed E-state index contributed by atoms with van der Waals surface area (Å²) in [7, 11) is 0. The second-order valence-electron chi connectivity index (χ2n) is 9.50. The van der Waals surface area contributed by atoms with Crippen LogP contribution in [0, 0.1) is 0 Å². The van der Waals surface area contributed by atoms with Crippen molar-refractivity contribution in [3.05, 3.63) is 76.9 Å². The molecule has 0 radical (unpaired) electrons. The molecule has 8 heteroatoms. The number of hydrogen-bond donors (Lipinski definition) is 2. The zero-order chi connectivity index (χ0) is 25.4. The van der Waals surface area contributed by atoms with Gasteiger partial charge in [-0.2, -0.15) is 5.10 Å². The van der Waals surface area contributed by atoms with Crippen LogP contribution in [0.15, 0.2) is 60.7 Å². The molecule has 1 heterocycles. The maximum absolute atomic E-state index is 13.2. The number of halogens is 1. The van der Waals surface area contributed by atoms with Crippen LogP contribution < -0.4 is 10.6 Å². The third-order valence-electron chi connectivity index (χ3n) is 5.47. The number of aromatic nitrogens is 2. The Balaban J connectivity index is 1.83. The van der Waals surface area contributed by atoms with Crippen molar-refractivity contribution in [2.45, 2.75) is 52.5 Å². The first kappa shape index (κ1) is 26.3. The Labute approximate surface area is 212 Å². The fourth-order valence-corrected chi connectivity index (χ4v) is 3.70. The summed E-state index contributed by atoms with van der Waals surface area (Å²) in [6, 6.07) is 18.5. The van der Waals surface area contributed by atoms with Gasteiger partial charge >= 0.3 is 6.03 Å². The van der Waals surface area contributed by atoms with E-state index >= 15 is 0 Å². The van der Waals surface area contributed by atoms with Crippen molar-refractivity contribution in [2.75, 3.05) is 18.4 Å².